The van der Waals surface area contributed by atoms with Gasteiger partial charge >= 0.3 is 12.4 Å². The molecule has 0 aliphatic carbocycles. The van der Waals surface area contributed by atoms with E-state index in [9.17, 15) is 31.4 Å². The largest absolute Gasteiger partial charge is 0.416 e. The molecule has 34 heavy (non-hydrogen) atoms. The zero-order valence-electron chi connectivity index (χ0n) is 17.0. The molecule has 0 fully saturated rings. The summed E-state index contributed by atoms with van der Waals surface area (Å²) in [5, 5.41) is 14.7. The third-order valence-corrected chi connectivity index (χ3v) is 4.87. The number of benzene rings is 2. The van der Waals surface area contributed by atoms with Crippen LogP contribution >= 0.6 is 0 Å². The molecule has 1 unspecified atom stereocenters. The van der Waals surface area contributed by atoms with E-state index in [0.717, 1.165) is 16.4 Å². The van der Waals surface area contributed by atoms with Gasteiger partial charge in [0.1, 0.15) is 12.6 Å². The van der Waals surface area contributed by atoms with Crippen molar-refractivity contribution >= 4 is 22.7 Å². The number of hydrogen-bond donors (Lipinski definition) is 2. The lowest BCUT2D eigenvalue weighted by molar-refractivity contribution is -0.143. The van der Waals surface area contributed by atoms with Crippen LogP contribution in [0.5, 0.6) is 0 Å². The molecule has 2 aromatic carbocycles. The molecular formula is C22H15F6N5O. The lowest BCUT2D eigenvalue weighted by atomic mass is 10.0. The first-order chi connectivity index (χ1) is 15.9. The minimum absolute atomic E-state index is 0.0238. The Kier molecular flexibility index (Phi) is 5.87. The summed E-state index contributed by atoms with van der Waals surface area (Å²) < 4.78 is 79.9. The van der Waals surface area contributed by atoms with Crippen LogP contribution in [0.4, 0.5) is 26.3 Å². The van der Waals surface area contributed by atoms with Crippen molar-refractivity contribution in [2.45, 2.75) is 18.6 Å². The Morgan fingerprint density at radius 2 is 1.59 bits per heavy atom. The van der Waals surface area contributed by atoms with Crippen LogP contribution < -0.4 is 5.73 Å². The normalized spacial score (nSPS) is 13.9. The number of alkyl halides is 6. The molecule has 0 saturated carbocycles. The zero-order chi connectivity index (χ0) is 24.7. The summed E-state index contributed by atoms with van der Waals surface area (Å²) in [4.78, 5) is 8.10. The standard InChI is InChI=1S/C22H15F6N5O/c23-21(24,25)15-6-13(7-16(8-15)22(26,27)28)20-31-11-33(32-20)10-17(19(29)34)14-5-12-3-1-2-4-18(12)30-9-14/h1-11,19,34H,29H2/b17-10+. The van der Waals surface area contributed by atoms with Crippen molar-refractivity contribution in [1.29, 1.82) is 0 Å². The van der Waals surface area contributed by atoms with Crippen LogP contribution in [0, 0.1) is 0 Å². The minimum atomic E-state index is -5.00. The molecule has 12 heteroatoms. The maximum absolute atomic E-state index is 13.1. The first-order valence-electron chi connectivity index (χ1n) is 9.63. The highest BCUT2D eigenvalue weighted by Crippen LogP contribution is 2.38. The highest BCUT2D eigenvalue weighted by Gasteiger charge is 2.37. The van der Waals surface area contributed by atoms with E-state index < -0.39 is 35.3 Å². The fraction of sp³-hybridized carbons (Fsp3) is 0.136. The average Bonchev–Trinajstić information content (AvgIpc) is 3.24. The zero-order valence-corrected chi connectivity index (χ0v) is 17.0. The van der Waals surface area contributed by atoms with Gasteiger partial charge in [-0.15, -0.1) is 5.10 Å². The number of aliphatic hydroxyl groups is 1. The van der Waals surface area contributed by atoms with E-state index >= 15 is 0 Å². The Bertz CT molecular complexity index is 1340. The second-order valence-corrected chi connectivity index (χ2v) is 7.29. The fourth-order valence-corrected chi connectivity index (χ4v) is 3.25. The highest BCUT2D eigenvalue weighted by molar-refractivity contribution is 5.85. The van der Waals surface area contributed by atoms with E-state index in [1.807, 2.05) is 0 Å². The van der Waals surface area contributed by atoms with E-state index in [1.54, 1.807) is 30.3 Å². The maximum Gasteiger partial charge on any atom is 0.416 e. The van der Waals surface area contributed by atoms with E-state index in [-0.39, 0.29) is 17.5 Å². The van der Waals surface area contributed by atoms with Crippen LogP contribution in [-0.2, 0) is 12.4 Å². The van der Waals surface area contributed by atoms with Gasteiger partial charge in [0.05, 0.1) is 16.6 Å². The molecule has 3 N–H and O–H groups in total. The Labute approximate surface area is 188 Å². The summed E-state index contributed by atoms with van der Waals surface area (Å²) in [6, 6.07) is 9.99. The molecular weight excluding hydrogens is 464 g/mol. The van der Waals surface area contributed by atoms with Crippen molar-refractivity contribution in [3.63, 3.8) is 0 Å². The summed E-state index contributed by atoms with van der Waals surface area (Å²) in [6.45, 7) is 0. The van der Waals surface area contributed by atoms with Gasteiger partial charge in [0.2, 0.25) is 0 Å². The lowest BCUT2D eigenvalue weighted by Crippen LogP contribution is -2.21. The number of fused-ring (bicyclic) bond motifs is 1. The maximum atomic E-state index is 13.1. The molecule has 0 amide bonds. The van der Waals surface area contributed by atoms with Crippen LogP contribution in [0.3, 0.4) is 0 Å². The number of halogens is 6. The number of nitrogens with two attached hydrogens (primary N) is 1. The number of aromatic nitrogens is 4. The number of para-hydroxylation sites is 1. The van der Waals surface area contributed by atoms with Gasteiger partial charge in [-0.1, -0.05) is 18.2 Å². The molecule has 0 bridgehead atoms. The van der Waals surface area contributed by atoms with Crippen molar-refractivity contribution in [3.05, 3.63) is 77.7 Å². The lowest BCUT2D eigenvalue weighted by Gasteiger charge is -2.13. The van der Waals surface area contributed by atoms with Gasteiger partial charge in [-0.2, -0.15) is 26.3 Å². The van der Waals surface area contributed by atoms with Gasteiger partial charge in [0, 0.05) is 34.5 Å². The number of nitrogens with zero attached hydrogens (tertiary/aromatic N) is 4. The van der Waals surface area contributed by atoms with Crippen LogP contribution in [-0.4, -0.2) is 31.1 Å². The van der Waals surface area contributed by atoms with Gasteiger partial charge < -0.3 is 10.8 Å². The molecule has 2 aromatic heterocycles. The summed E-state index contributed by atoms with van der Waals surface area (Å²) >= 11 is 0. The molecule has 4 aromatic rings. The third-order valence-electron chi connectivity index (χ3n) is 4.87. The van der Waals surface area contributed by atoms with Crippen LogP contribution in [0.2, 0.25) is 0 Å². The van der Waals surface area contributed by atoms with Gasteiger partial charge in [0.25, 0.3) is 0 Å². The fourth-order valence-electron chi connectivity index (χ4n) is 3.25. The van der Waals surface area contributed by atoms with Gasteiger partial charge in [-0.3, -0.25) is 4.98 Å². The van der Waals surface area contributed by atoms with Crippen molar-refractivity contribution in [2.75, 3.05) is 0 Å². The van der Waals surface area contributed by atoms with Crippen molar-refractivity contribution < 1.29 is 31.4 Å². The summed E-state index contributed by atoms with van der Waals surface area (Å²) in [5.41, 5.74) is 3.50. The van der Waals surface area contributed by atoms with Gasteiger partial charge in [-0.05, 0) is 30.3 Å². The average molecular weight is 479 g/mol. The van der Waals surface area contributed by atoms with Crippen LogP contribution in [0.25, 0.3) is 34.1 Å². The molecule has 0 aliphatic rings. The Morgan fingerprint density at radius 3 is 2.21 bits per heavy atom. The van der Waals surface area contributed by atoms with Crippen molar-refractivity contribution in [1.82, 2.24) is 19.7 Å². The van der Waals surface area contributed by atoms with Gasteiger partial charge in [-0.25, -0.2) is 9.67 Å². The van der Waals surface area contributed by atoms with Crippen molar-refractivity contribution in [2.24, 2.45) is 5.73 Å². The van der Waals surface area contributed by atoms with Gasteiger partial charge in [0.15, 0.2) is 5.82 Å². The van der Waals surface area contributed by atoms with Crippen LogP contribution in [0.1, 0.15) is 16.7 Å². The first kappa shape index (κ1) is 23.4. The molecule has 0 spiro atoms. The monoisotopic (exact) mass is 479 g/mol. The molecule has 4 rings (SSSR count). The molecule has 1 atom stereocenters. The summed E-state index contributed by atoms with van der Waals surface area (Å²) in [5.74, 6) is -0.379. The summed E-state index contributed by atoms with van der Waals surface area (Å²) in [6.07, 6.45) is -7.70. The Balaban J connectivity index is 1.76. The highest BCUT2D eigenvalue weighted by atomic mass is 19.4. The number of hydrogen-bond acceptors (Lipinski definition) is 5. The topological polar surface area (TPSA) is 89.8 Å². The van der Waals surface area contributed by atoms with E-state index in [4.69, 9.17) is 5.73 Å². The number of aliphatic hydroxyl groups excluding tert-OH is 1. The van der Waals surface area contributed by atoms with Crippen molar-refractivity contribution in [3.8, 4) is 11.4 Å². The predicted molar refractivity (Wildman–Crippen MR) is 112 cm³/mol. The third kappa shape index (κ3) is 4.92. The van der Waals surface area contributed by atoms with Crippen LogP contribution in [0.15, 0.2) is 61.1 Å². The molecule has 176 valence electrons. The molecule has 6 nitrogen and oxygen atoms in total. The minimum Gasteiger partial charge on any atom is -0.374 e. The molecule has 0 saturated heterocycles. The number of pyridine rings is 1. The second-order valence-electron chi connectivity index (χ2n) is 7.29. The SMILES string of the molecule is NC(O)/C(=C/n1cnc(-c2cc(C(F)(F)F)cc(C(F)(F)F)c2)n1)c1cnc2ccccc2c1. The molecule has 0 radical (unpaired) electrons. The van der Waals surface area contributed by atoms with E-state index in [1.165, 1.54) is 12.4 Å². The Hall–Kier alpha value is -3.77. The smallest absolute Gasteiger partial charge is 0.374 e. The number of rotatable bonds is 4. The first-order valence-corrected chi connectivity index (χ1v) is 9.63. The quantitative estimate of drug-likeness (QED) is 0.324. The van der Waals surface area contributed by atoms with E-state index in [0.29, 0.717) is 23.2 Å². The Morgan fingerprint density at radius 1 is 0.941 bits per heavy atom. The molecule has 2 heterocycles. The summed E-state index contributed by atoms with van der Waals surface area (Å²) in [7, 11) is 0. The molecule has 0 aliphatic heterocycles. The second kappa shape index (κ2) is 8.54. The predicted octanol–water partition coefficient (Wildman–Crippen LogP) is 4.81. The van der Waals surface area contributed by atoms with E-state index in [2.05, 4.69) is 15.1 Å².